The van der Waals surface area contributed by atoms with Crippen LogP contribution in [0, 0.1) is 0 Å². The molecule has 0 saturated carbocycles. The van der Waals surface area contributed by atoms with Gasteiger partial charge < -0.3 is 28.4 Å². The SMILES string of the molecule is CC1OCOCOC1CCC1OCOCO1. The molecule has 2 saturated heterocycles. The molecule has 2 heterocycles. The van der Waals surface area contributed by atoms with Gasteiger partial charge in [-0.1, -0.05) is 0 Å². The molecule has 0 aromatic heterocycles. The monoisotopic (exact) mass is 234 g/mol. The minimum atomic E-state index is -0.200. The van der Waals surface area contributed by atoms with Crippen LogP contribution in [-0.2, 0) is 28.4 Å². The standard InChI is InChI=1S/C10H18O6/c1-8-9(14-5-11-4-13-8)2-3-10-15-6-12-7-16-10/h8-10H,2-7H2,1H3. The quantitative estimate of drug-likeness (QED) is 0.720. The van der Waals surface area contributed by atoms with Crippen molar-refractivity contribution in [1.29, 1.82) is 0 Å². The highest BCUT2D eigenvalue weighted by Crippen LogP contribution is 2.17. The predicted octanol–water partition coefficient (Wildman–Crippen LogP) is 0.807. The van der Waals surface area contributed by atoms with Gasteiger partial charge in [-0.3, -0.25) is 0 Å². The van der Waals surface area contributed by atoms with Gasteiger partial charge in [-0.15, -0.1) is 0 Å². The molecule has 6 heteroatoms. The third-order valence-electron chi connectivity index (χ3n) is 2.66. The van der Waals surface area contributed by atoms with E-state index in [1.54, 1.807) is 0 Å². The van der Waals surface area contributed by atoms with E-state index in [1.165, 1.54) is 0 Å². The van der Waals surface area contributed by atoms with Crippen LogP contribution in [0.2, 0.25) is 0 Å². The average Bonchev–Trinajstić information content (AvgIpc) is 2.53. The van der Waals surface area contributed by atoms with Gasteiger partial charge in [0, 0.05) is 6.42 Å². The third kappa shape index (κ3) is 3.65. The minimum absolute atomic E-state index is 0.0255. The maximum absolute atomic E-state index is 5.52. The molecular weight excluding hydrogens is 216 g/mol. The maximum atomic E-state index is 5.52. The molecule has 2 rings (SSSR count). The summed E-state index contributed by atoms with van der Waals surface area (Å²) in [7, 11) is 0. The summed E-state index contributed by atoms with van der Waals surface area (Å²) in [5, 5.41) is 0. The molecule has 0 bridgehead atoms. The molecule has 0 aromatic carbocycles. The van der Waals surface area contributed by atoms with Gasteiger partial charge in [-0.2, -0.15) is 0 Å². The second kappa shape index (κ2) is 6.48. The number of hydrogen-bond donors (Lipinski definition) is 0. The van der Waals surface area contributed by atoms with E-state index in [-0.39, 0.29) is 25.3 Å². The van der Waals surface area contributed by atoms with Gasteiger partial charge in [-0.05, 0) is 13.3 Å². The second-order valence-electron chi connectivity index (χ2n) is 3.80. The average molecular weight is 234 g/mol. The summed E-state index contributed by atoms with van der Waals surface area (Å²) in [6.07, 6.45) is 1.44. The molecule has 0 aliphatic carbocycles. The van der Waals surface area contributed by atoms with Crippen molar-refractivity contribution in [2.45, 2.75) is 38.3 Å². The molecule has 0 aromatic rings. The van der Waals surface area contributed by atoms with Crippen LogP contribution >= 0.6 is 0 Å². The van der Waals surface area contributed by atoms with Crippen LogP contribution in [0.25, 0.3) is 0 Å². The molecule has 94 valence electrons. The van der Waals surface area contributed by atoms with Crippen LogP contribution < -0.4 is 0 Å². The van der Waals surface area contributed by atoms with E-state index in [2.05, 4.69) is 0 Å². The fourth-order valence-corrected chi connectivity index (χ4v) is 1.68. The fraction of sp³-hybridized carbons (Fsp3) is 1.00. The maximum Gasteiger partial charge on any atom is 0.163 e. The predicted molar refractivity (Wildman–Crippen MR) is 52.3 cm³/mol. The van der Waals surface area contributed by atoms with Gasteiger partial charge in [0.1, 0.15) is 13.6 Å². The Morgan fingerprint density at radius 1 is 0.812 bits per heavy atom. The van der Waals surface area contributed by atoms with Crippen molar-refractivity contribution in [1.82, 2.24) is 0 Å². The smallest absolute Gasteiger partial charge is 0.163 e. The molecule has 2 atom stereocenters. The Hall–Kier alpha value is -0.240. The normalized spacial score (nSPS) is 33.6. The molecule has 2 aliphatic rings. The van der Waals surface area contributed by atoms with Crippen molar-refractivity contribution in [3.8, 4) is 0 Å². The second-order valence-corrected chi connectivity index (χ2v) is 3.80. The molecular formula is C10H18O6. The zero-order valence-electron chi connectivity index (χ0n) is 9.42. The van der Waals surface area contributed by atoms with Gasteiger partial charge in [0.15, 0.2) is 19.9 Å². The van der Waals surface area contributed by atoms with Crippen molar-refractivity contribution in [2.24, 2.45) is 0 Å². The first-order valence-corrected chi connectivity index (χ1v) is 5.48. The first kappa shape index (κ1) is 12.2. The van der Waals surface area contributed by atoms with Crippen LogP contribution in [0.15, 0.2) is 0 Å². The van der Waals surface area contributed by atoms with E-state index in [9.17, 15) is 0 Å². The van der Waals surface area contributed by atoms with E-state index < -0.39 is 0 Å². The van der Waals surface area contributed by atoms with Crippen LogP contribution in [0.5, 0.6) is 0 Å². The lowest BCUT2D eigenvalue weighted by atomic mass is 10.1. The summed E-state index contributed by atoms with van der Waals surface area (Å²) in [6.45, 7) is 3.15. The van der Waals surface area contributed by atoms with Crippen molar-refractivity contribution in [3.05, 3.63) is 0 Å². The van der Waals surface area contributed by atoms with Gasteiger partial charge in [-0.25, -0.2) is 0 Å². The van der Waals surface area contributed by atoms with Crippen LogP contribution in [0.1, 0.15) is 19.8 Å². The zero-order chi connectivity index (χ0) is 11.2. The summed E-state index contributed by atoms with van der Waals surface area (Å²) in [6, 6.07) is 0. The molecule has 0 amide bonds. The fourth-order valence-electron chi connectivity index (χ4n) is 1.68. The van der Waals surface area contributed by atoms with Gasteiger partial charge in [0.05, 0.1) is 12.2 Å². The Morgan fingerprint density at radius 2 is 1.44 bits per heavy atom. The van der Waals surface area contributed by atoms with E-state index in [4.69, 9.17) is 28.4 Å². The van der Waals surface area contributed by atoms with E-state index in [0.717, 1.165) is 12.8 Å². The number of ether oxygens (including phenoxy) is 6. The topological polar surface area (TPSA) is 55.4 Å². The third-order valence-corrected chi connectivity index (χ3v) is 2.66. The molecule has 0 spiro atoms. The highest BCUT2D eigenvalue weighted by molar-refractivity contribution is 4.68. The summed E-state index contributed by atoms with van der Waals surface area (Å²) >= 11 is 0. The molecule has 2 aliphatic heterocycles. The summed E-state index contributed by atoms with van der Waals surface area (Å²) in [5.41, 5.74) is 0. The highest BCUT2D eigenvalue weighted by Gasteiger charge is 2.24. The Balaban J connectivity index is 1.70. The first-order chi connectivity index (χ1) is 7.86. The van der Waals surface area contributed by atoms with Gasteiger partial charge in [0.2, 0.25) is 0 Å². The lowest BCUT2D eigenvalue weighted by Gasteiger charge is -2.26. The van der Waals surface area contributed by atoms with Crippen molar-refractivity contribution in [2.75, 3.05) is 27.2 Å². The molecule has 2 unspecified atom stereocenters. The van der Waals surface area contributed by atoms with E-state index in [1.807, 2.05) is 6.92 Å². The Bertz CT molecular complexity index is 194. The van der Waals surface area contributed by atoms with Crippen LogP contribution in [0.4, 0.5) is 0 Å². The van der Waals surface area contributed by atoms with Gasteiger partial charge >= 0.3 is 0 Å². The Kier molecular flexibility index (Phi) is 4.95. The Labute approximate surface area is 94.7 Å². The van der Waals surface area contributed by atoms with Crippen molar-refractivity contribution < 1.29 is 28.4 Å². The zero-order valence-corrected chi connectivity index (χ0v) is 9.42. The largest absolute Gasteiger partial charge is 0.350 e. The molecule has 0 radical (unpaired) electrons. The van der Waals surface area contributed by atoms with Crippen LogP contribution in [-0.4, -0.2) is 45.7 Å². The lowest BCUT2D eigenvalue weighted by molar-refractivity contribution is -0.301. The number of hydrogen-bond acceptors (Lipinski definition) is 6. The molecule has 0 N–H and O–H groups in total. The van der Waals surface area contributed by atoms with Gasteiger partial charge in [0.25, 0.3) is 0 Å². The molecule has 6 nitrogen and oxygen atoms in total. The van der Waals surface area contributed by atoms with Crippen LogP contribution in [0.3, 0.4) is 0 Å². The lowest BCUT2D eigenvalue weighted by Crippen LogP contribution is -2.31. The minimum Gasteiger partial charge on any atom is -0.350 e. The number of rotatable bonds is 3. The van der Waals surface area contributed by atoms with E-state index in [0.29, 0.717) is 20.4 Å². The first-order valence-electron chi connectivity index (χ1n) is 5.48. The molecule has 16 heavy (non-hydrogen) atoms. The summed E-state index contributed by atoms with van der Waals surface area (Å²) < 4.78 is 31.4. The van der Waals surface area contributed by atoms with Crippen molar-refractivity contribution in [3.63, 3.8) is 0 Å². The Morgan fingerprint density at radius 3 is 2.19 bits per heavy atom. The van der Waals surface area contributed by atoms with Crippen molar-refractivity contribution >= 4 is 0 Å². The molecule has 2 fully saturated rings. The van der Waals surface area contributed by atoms with E-state index >= 15 is 0 Å². The summed E-state index contributed by atoms with van der Waals surface area (Å²) in [5.74, 6) is 0. The highest BCUT2D eigenvalue weighted by atomic mass is 16.8. The summed E-state index contributed by atoms with van der Waals surface area (Å²) in [4.78, 5) is 0.